The van der Waals surface area contributed by atoms with Gasteiger partial charge in [0, 0.05) is 10.4 Å². The molecular formula is C16H15Cl2N5OS. The first kappa shape index (κ1) is 17.8. The minimum absolute atomic E-state index is 0.224. The van der Waals surface area contributed by atoms with Gasteiger partial charge in [-0.15, -0.1) is 0 Å². The van der Waals surface area contributed by atoms with Crippen LogP contribution in [-0.2, 0) is 5.41 Å². The van der Waals surface area contributed by atoms with Gasteiger partial charge in [-0.1, -0.05) is 55.3 Å². The minimum atomic E-state index is -0.346. The molecule has 0 spiro atoms. The Balaban J connectivity index is 1.94. The molecule has 1 N–H and O–H groups in total. The van der Waals surface area contributed by atoms with Crippen molar-refractivity contribution < 1.29 is 4.79 Å². The predicted molar refractivity (Wildman–Crippen MR) is 100 cm³/mol. The number of benzene rings is 1. The number of amides is 1. The summed E-state index contributed by atoms with van der Waals surface area (Å²) < 4.78 is 1.64. The largest absolute Gasteiger partial charge is 0.298 e. The summed E-state index contributed by atoms with van der Waals surface area (Å²) in [7, 11) is 0. The van der Waals surface area contributed by atoms with E-state index in [0.29, 0.717) is 15.7 Å². The molecule has 0 saturated heterocycles. The van der Waals surface area contributed by atoms with E-state index < -0.39 is 0 Å². The van der Waals surface area contributed by atoms with E-state index in [1.165, 1.54) is 23.7 Å². The summed E-state index contributed by atoms with van der Waals surface area (Å²) in [6, 6.07) is 4.73. The lowest BCUT2D eigenvalue weighted by Gasteiger charge is -2.16. The zero-order valence-electron chi connectivity index (χ0n) is 13.7. The van der Waals surface area contributed by atoms with Crippen molar-refractivity contribution in [1.82, 2.24) is 19.7 Å². The number of hydrogen-bond donors (Lipinski definition) is 1. The first-order valence-electron chi connectivity index (χ1n) is 7.38. The molecule has 1 amide bonds. The second kappa shape index (κ2) is 6.74. The number of aromatic nitrogens is 4. The Morgan fingerprint density at radius 2 is 2.04 bits per heavy atom. The summed E-state index contributed by atoms with van der Waals surface area (Å²) in [5, 5.41) is 8.99. The van der Waals surface area contributed by atoms with Gasteiger partial charge in [0.05, 0.1) is 16.3 Å². The fourth-order valence-electron chi connectivity index (χ4n) is 2.16. The van der Waals surface area contributed by atoms with Gasteiger partial charge in [-0.2, -0.15) is 5.10 Å². The molecule has 0 saturated carbocycles. The van der Waals surface area contributed by atoms with Crippen LogP contribution < -0.4 is 5.32 Å². The number of hydrogen-bond acceptors (Lipinski definition) is 5. The molecule has 0 radical (unpaired) electrons. The first-order chi connectivity index (χ1) is 11.8. The summed E-state index contributed by atoms with van der Waals surface area (Å²) in [6.45, 7) is 6.14. The molecule has 9 heteroatoms. The number of nitrogens with one attached hydrogen (secondary N) is 1. The van der Waals surface area contributed by atoms with E-state index in [9.17, 15) is 4.79 Å². The quantitative estimate of drug-likeness (QED) is 0.703. The van der Waals surface area contributed by atoms with Crippen molar-refractivity contribution in [2.45, 2.75) is 26.2 Å². The number of carbonyl (C=O) groups excluding carboxylic acids is 1. The Morgan fingerprint density at radius 1 is 1.28 bits per heavy atom. The molecule has 1 aromatic carbocycles. The monoisotopic (exact) mass is 395 g/mol. The van der Waals surface area contributed by atoms with E-state index in [2.05, 4.69) is 20.4 Å². The summed E-state index contributed by atoms with van der Waals surface area (Å²) in [5.74, 6) is -0.346. The van der Waals surface area contributed by atoms with Crippen molar-refractivity contribution in [3.8, 4) is 5.00 Å². The molecule has 3 rings (SSSR count). The van der Waals surface area contributed by atoms with Crippen LogP contribution in [0.3, 0.4) is 0 Å². The molecule has 2 heterocycles. The number of nitrogens with zero attached hydrogens (tertiary/aromatic N) is 4. The zero-order valence-corrected chi connectivity index (χ0v) is 16.1. The average Bonchev–Trinajstić information content (AvgIpc) is 3.14. The Bertz CT molecular complexity index is 915. The summed E-state index contributed by atoms with van der Waals surface area (Å²) in [6.07, 6.45) is 3.06. The Kier molecular flexibility index (Phi) is 4.81. The van der Waals surface area contributed by atoms with Gasteiger partial charge in [-0.05, 0) is 18.2 Å². The maximum atomic E-state index is 12.5. The minimum Gasteiger partial charge on any atom is -0.298 e. The maximum absolute atomic E-state index is 12.5. The van der Waals surface area contributed by atoms with Crippen LogP contribution in [0.4, 0.5) is 5.13 Å². The lowest BCUT2D eigenvalue weighted by Crippen LogP contribution is -2.16. The molecular weight excluding hydrogens is 381 g/mol. The third-order valence-electron chi connectivity index (χ3n) is 3.34. The normalized spacial score (nSPS) is 11.6. The highest BCUT2D eigenvalue weighted by atomic mass is 35.5. The van der Waals surface area contributed by atoms with Crippen molar-refractivity contribution >= 4 is 45.6 Å². The van der Waals surface area contributed by atoms with Crippen LogP contribution in [0.15, 0.2) is 30.9 Å². The second-order valence-corrected chi connectivity index (χ2v) is 8.16. The molecule has 130 valence electrons. The molecule has 0 atom stereocenters. The second-order valence-electron chi connectivity index (χ2n) is 6.34. The molecule has 6 nitrogen and oxygen atoms in total. The molecule has 0 unspecified atom stereocenters. The molecule has 3 aromatic rings. The number of rotatable bonds is 3. The third-order valence-corrected chi connectivity index (χ3v) is 4.85. The van der Waals surface area contributed by atoms with Crippen LogP contribution in [0.25, 0.3) is 5.00 Å². The molecule has 0 bridgehead atoms. The number of thiazole rings is 1. The van der Waals surface area contributed by atoms with E-state index in [0.717, 1.165) is 10.7 Å². The van der Waals surface area contributed by atoms with Gasteiger partial charge < -0.3 is 0 Å². The van der Waals surface area contributed by atoms with Gasteiger partial charge in [-0.25, -0.2) is 14.6 Å². The summed E-state index contributed by atoms with van der Waals surface area (Å²) in [5.41, 5.74) is 0.931. The van der Waals surface area contributed by atoms with Crippen LogP contribution in [0.2, 0.25) is 10.0 Å². The van der Waals surface area contributed by atoms with Gasteiger partial charge in [0.1, 0.15) is 17.7 Å². The lowest BCUT2D eigenvalue weighted by molar-refractivity contribution is 0.102. The van der Waals surface area contributed by atoms with E-state index in [-0.39, 0.29) is 16.3 Å². The summed E-state index contributed by atoms with van der Waals surface area (Å²) in [4.78, 5) is 21.0. The summed E-state index contributed by atoms with van der Waals surface area (Å²) >= 11 is 13.3. The maximum Gasteiger partial charge on any atom is 0.258 e. The molecule has 2 aromatic heterocycles. The standard InChI is InChI=1S/C16H15Cl2N5OS/c1-16(2,3)12-14(23-8-19-7-20-23)25-15(21-12)22-13(24)10-5-4-9(17)6-11(10)18/h4-8H,1-3H3,(H,21,22,24). The van der Waals surface area contributed by atoms with Crippen molar-refractivity contribution in [2.75, 3.05) is 5.32 Å². The Morgan fingerprint density at radius 3 is 2.64 bits per heavy atom. The van der Waals surface area contributed by atoms with Crippen molar-refractivity contribution in [3.05, 3.63) is 52.2 Å². The van der Waals surface area contributed by atoms with Crippen LogP contribution in [0.5, 0.6) is 0 Å². The van der Waals surface area contributed by atoms with Gasteiger partial charge in [0.2, 0.25) is 0 Å². The van der Waals surface area contributed by atoms with Crippen molar-refractivity contribution in [2.24, 2.45) is 0 Å². The number of anilines is 1. The average molecular weight is 396 g/mol. The Hall–Kier alpha value is -1.96. The SMILES string of the molecule is CC(C)(C)c1nc(NC(=O)c2ccc(Cl)cc2Cl)sc1-n1cncn1. The predicted octanol–water partition coefficient (Wildman–Crippen LogP) is 4.58. The smallest absolute Gasteiger partial charge is 0.258 e. The first-order valence-corrected chi connectivity index (χ1v) is 8.95. The van der Waals surface area contributed by atoms with E-state index in [1.807, 2.05) is 20.8 Å². The van der Waals surface area contributed by atoms with Gasteiger partial charge in [-0.3, -0.25) is 10.1 Å². The van der Waals surface area contributed by atoms with Gasteiger partial charge in [0.15, 0.2) is 5.13 Å². The molecule has 0 aliphatic carbocycles. The third kappa shape index (κ3) is 3.84. The van der Waals surface area contributed by atoms with E-state index >= 15 is 0 Å². The van der Waals surface area contributed by atoms with Crippen molar-refractivity contribution in [3.63, 3.8) is 0 Å². The lowest BCUT2D eigenvalue weighted by atomic mass is 9.92. The number of halogens is 2. The molecule has 0 aliphatic rings. The number of carbonyl (C=O) groups is 1. The van der Waals surface area contributed by atoms with Gasteiger partial charge in [0.25, 0.3) is 5.91 Å². The highest BCUT2D eigenvalue weighted by Crippen LogP contribution is 2.34. The Labute approximate surface area is 158 Å². The molecule has 0 aliphatic heterocycles. The van der Waals surface area contributed by atoms with Crippen molar-refractivity contribution in [1.29, 1.82) is 0 Å². The fraction of sp³-hybridized carbons (Fsp3) is 0.250. The zero-order chi connectivity index (χ0) is 18.2. The highest BCUT2D eigenvalue weighted by Gasteiger charge is 2.26. The van der Waals surface area contributed by atoms with Gasteiger partial charge >= 0.3 is 0 Å². The fourth-order valence-corrected chi connectivity index (χ4v) is 3.75. The highest BCUT2D eigenvalue weighted by molar-refractivity contribution is 7.18. The topological polar surface area (TPSA) is 72.7 Å². The molecule has 25 heavy (non-hydrogen) atoms. The van der Waals surface area contributed by atoms with Crippen LogP contribution >= 0.6 is 34.5 Å². The van der Waals surface area contributed by atoms with E-state index in [1.54, 1.807) is 23.1 Å². The molecule has 0 fully saturated rings. The van der Waals surface area contributed by atoms with Crippen LogP contribution in [-0.4, -0.2) is 25.7 Å². The van der Waals surface area contributed by atoms with E-state index in [4.69, 9.17) is 23.2 Å². The van der Waals surface area contributed by atoms with Crippen LogP contribution in [0, 0.1) is 0 Å². The van der Waals surface area contributed by atoms with Crippen LogP contribution in [0.1, 0.15) is 36.8 Å².